The van der Waals surface area contributed by atoms with Crippen LogP contribution < -0.4 is 5.32 Å². The van der Waals surface area contributed by atoms with Crippen LogP contribution in [0.2, 0.25) is 0 Å². The molecule has 0 aromatic carbocycles. The molecule has 1 heterocycles. The maximum absolute atomic E-state index is 10.9. The van der Waals surface area contributed by atoms with E-state index in [1.807, 2.05) is 5.38 Å². The number of nitrogens with one attached hydrogen (secondary N) is 1. The maximum atomic E-state index is 10.9. The number of thiazole rings is 1. The Hall–Kier alpha value is -1.43. The van der Waals surface area contributed by atoms with E-state index < -0.39 is 18.3 Å². The monoisotopic (exact) mass is 214 g/mol. The van der Waals surface area contributed by atoms with E-state index in [1.54, 1.807) is 5.51 Å². The molecule has 6 heteroatoms. The fourth-order valence-electron chi connectivity index (χ4n) is 0.891. The first kappa shape index (κ1) is 10.6. The number of aromatic nitrogens is 1. The quantitative estimate of drug-likeness (QED) is 0.690. The Morgan fingerprint density at radius 3 is 2.93 bits per heavy atom. The number of carboxylic acids is 1. The van der Waals surface area contributed by atoms with Gasteiger partial charge in [-0.05, 0) is 0 Å². The largest absolute Gasteiger partial charge is 0.481 e. The van der Waals surface area contributed by atoms with Gasteiger partial charge in [-0.3, -0.25) is 9.59 Å². The van der Waals surface area contributed by atoms with Gasteiger partial charge in [-0.25, -0.2) is 4.98 Å². The van der Waals surface area contributed by atoms with Crippen molar-refractivity contribution in [2.24, 2.45) is 0 Å². The molecule has 0 bridgehead atoms. The normalized spacial score (nSPS) is 9.71. The van der Waals surface area contributed by atoms with Crippen molar-refractivity contribution in [2.45, 2.75) is 12.8 Å². The molecule has 0 aliphatic rings. The van der Waals surface area contributed by atoms with E-state index in [1.165, 1.54) is 11.3 Å². The third kappa shape index (κ3) is 3.99. The number of carbonyl (C=O) groups excluding carboxylic acids is 1. The Morgan fingerprint density at radius 1 is 1.57 bits per heavy atom. The fourth-order valence-corrected chi connectivity index (χ4v) is 1.48. The van der Waals surface area contributed by atoms with Crippen LogP contribution in [-0.2, 0) is 16.0 Å². The molecule has 0 atom stereocenters. The van der Waals surface area contributed by atoms with Crippen molar-refractivity contribution in [1.82, 2.24) is 10.3 Å². The van der Waals surface area contributed by atoms with Gasteiger partial charge < -0.3 is 10.4 Å². The summed E-state index contributed by atoms with van der Waals surface area (Å²) in [6.07, 6.45) is 0.159. The van der Waals surface area contributed by atoms with Crippen molar-refractivity contribution < 1.29 is 14.7 Å². The zero-order chi connectivity index (χ0) is 10.4. The lowest BCUT2D eigenvalue weighted by molar-refractivity contribution is -0.140. The minimum atomic E-state index is -1.11. The number of rotatable bonds is 5. The molecule has 14 heavy (non-hydrogen) atoms. The van der Waals surface area contributed by atoms with Crippen molar-refractivity contribution in [3.8, 4) is 0 Å². The summed E-state index contributed by atoms with van der Waals surface area (Å²) in [5, 5.41) is 12.7. The zero-order valence-corrected chi connectivity index (χ0v) is 8.21. The molecule has 1 aromatic rings. The number of amides is 1. The van der Waals surface area contributed by atoms with Gasteiger partial charge in [0.25, 0.3) is 0 Å². The van der Waals surface area contributed by atoms with Gasteiger partial charge in [0.15, 0.2) is 0 Å². The van der Waals surface area contributed by atoms with Crippen molar-refractivity contribution >= 4 is 23.2 Å². The number of aliphatic carboxylic acids is 1. The van der Waals surface area contributed by atoms with Gasteiger partial charge in [-0.2, -0.15) is 0 Å². The zero-order valence-electron chi connectivity index (χ0n) is 7.40. The van der Waals surface area contributed by atoms with Crippen molar-refractivity contribution in [2.75, 3.05) is 6.54 Å². The molecule has 0 aliphatic carbocycles. The second kappa shape index (κ2) is 5.33. The highest BCUT2D eigenvalue weighted by molar-refractivity contribution is 7.07. The first-order valence-electron chi connectivity index (χ1n) is 4.04. The Kier molecular flexibility index (Phi) is 4.06. The number of hydrogen-bond donors (Lipinski definition) is 2. The van der Waals surface area contributed by atoms with Crippen LogP contribution in [0.3, 0.4) is 0 Å². The summed E-state index contributed by atoms with van der Waals surface area (Å²) in [6, 6.07) is 0. The molecule has 5 nitrogen and oxygen atoms in total. The van der Waals surface area contributed by atoms with E-state index in [0.717, 1.165) is 5.69 Å². The van der Waals surface area contributed by atoms with Gasteiger partial charge >= 0.3 is 5.97 Å². The summed E-state index contributed by atoms with van der Waals surface area (Å²) >= 11 is 1.49. The van der Waals surface area contributed by atoms with E-state index in [2.05, 4.69) is 10.3 Å². The molecule has 0 saturated heterocycles. The van der Waals surface area contributed by atoms with Crippen LogP contribution in [0, 0.1) is 0 Å². The molecular weight excluding hydrogens is 204 g/mol. The topological polar surface area (TPSA) is 79.3 Å². The summed E-state index contributed by atoms with van der Waals surface area (Å²) in [6.45, 7) is 0.426. The minimum Gasteiger partial charge on any atom is -0.481 e. The van der Waals surface area contributed by atoms with Gasteiger partial charge in [0, 0.05) is 18.3 Å². The third-order valence-corrected chi connectivity index (χ3v) is 2.13. The summed E-state index contributed by atoms with van der Waals surface area (Å²) in [5.74, 6) is -1.58. The van der Waals surface area contributed by atoms with Crippen molar-refractivity contribution in [3.05, 3.63) is 16.6 Å². The van der Waals surface area contributed by atoms with Crippen LogP contribution in [0.1, 0.15) is 12.1 Å². The van der Waals surface area contributed by atoms with Crippen LogP contribution in [0.15, 0.2) is 10.9 Å². The Morgan fingerprint density at radius 2 is 2.36 bits per heavy atom. The molecule has 2 N–H and O–H groups in total. The van der Waals surface area contributed by atoms with Crippen molar-refractivity contribution in [1.29, 1.82) is 0 Å². The first-order valence-corrected chi connectivity index (χ1v) is 4.98. The summed E-state index contributed by atoms with van der Waals surface area (Å²) in [5.41, 5.74) is 2.62. The molecule has 0 radical (unpaired) electrons. The van der Waals surface area contributed by atoms with E-state index in [4.69, 9.17) is 5.11 Å². The standard InChI is InChI=1S/C8H10N2O3S/c11-7(3-8(12)13)9-2-1-6-4-14-5-10-6/h4-5H,1-3H2,(H,9,11)(H,12,13). The number of nitrogens with zero attached hydrogens (tertiary/aromatic N) is 1. The number of carbonyl (C=O) groups is 2. The van der Waals surface area contributed by atoms with Crippen LogP contribution >= 0.6 is 11.3 Å². The molecule has 0 saturated carbocycles. The summed E-state index contributed by atoms with van der Waals surface area (Å²) in [4.78, 5) is 25.0. The molecule has 1 amide bonds. The smallest absolute Gasteiger partial charge is 0.312 e. The lowest BCUT2D eigenvalue weighted by atomic mass is 10.3. The van der Waals surface area contributed by atoms with E-state index >= 15 is 0 Å². The van der Waals surface area contributed by atoms with E-state index in [0.29, 0.717) is 13.0 Å². The van der Waals surface area contributed by atoms with Crippen LogP contribution in [0.4, 0.5) is 0 Å². The van der Waals surface area contributed by atoms with Gasteiger partial charge in [-0.1, -0.05) is 0 Å². The van der Waals surface area contributed by atoms with E-state index in [-0.39, 0.29) is 0 Å². The second-order valence-corrected chi connectivity index (χ2v) is 3.37. The lowest BCUT2D eigenvalue weighted by Crippen LogP contribution is -2.27. The molecular formula is C8H10N2O3S. The van der Waals surface area contributed by atoms with E-state index in [9.17, 15) is 9.59 Å². The summed E-state index contributed by atoms with van der Waals surface area (Å²) < 4.78 is 0. The van der Waals surface area contributed by atoms with Crippen LogP contribution in [-0.4, -0.2) is 28.5 Å². The van der Waals surface area contributed by atoms with Gasteiger partial charge in [0.1, 0.15) is 6.42 Å². The predicted molar refractivity (Wildman–Crippen MR) is 51.1 cm³/mol. The lowest BCUT2D eigenvalue weighted by Gasteiger charge is -2.00. The first-order chi connectivity index (χ1) is 6.68. The maximum Gasteiger partial charge on any atom is 0.312 e. The highest BCUT2D eigenvalue weighted by Crippen LogP contribution is 2.00. The number of hydrogen-bond acceptors (Lipinski definition) is 4. The third-order valence-electron chi connectivity index (χ3n) is 1.50. The Labute approximate surface area is 84.8 Å². The number of carboxylic acid groups (broad SMARTS) is 1. The Bertz CT molecular complexity index is 310. The molecule has 0 unspecified atom stereocenters. The minimum absolute atomic E-state index is 0.426. The van der Waals surface area contributed by atoms with Gasteiger partial charge in [0.2, 0.25) is 5.91 Å². The predicted octanol–water partition coefficient (Wildman–Crippen LogP) is 0.277. The average molecular weight is 214 g/mol. The highest BCUT2D eigenvalue weighted by atomic mass is 32.1. The van der Waals surface area contributed by atoms with Gasteiger partial charge in [0.05, 0.1) is 11.2 Å². The molecule has 1 rings (SSSR count). The van der Waals surface area contributed by atoms with Crippen molar-refractivity contribution in [3.63, 3.8) is 0 Å². The van der Waals surface area contributed by atoms with Gasteiger partial charge in [-0.15, -0.1) is 11.3 Å². The SMILES string of the molecule is O=C(O)CC(=O)NCCc1cscn1. The second-order valence-electron chi connectivity index (χ2n) is 2.65. The summed E-state index contributed by atoms with van der Waals surface area (Å²) in [7, 11) is 0. The molecule has 0 fully saturated rings. The fraction of sp³-hybridized carbons (Fsp3) is 0.375. The average Bonchev–Trinajstić information content (AvgIpc) is 2.55. The molecule has 0 aliphatic heterocycles. The van der Waals surface area contributed by atoms with Crippen LogP contribution in [0.25, 0.3) is 0 Å². The molecule has 0 spiro atoms. The Balaban J connectivity index is 2.15. The van der Waals surface area contributed by atoms with Crippen LogP contribution in [0.5, 0.6) is 0 Å². The molecule has 76 valence electrons. The highest BCUT2D eigenvalue weighted by Gasteiger charge is 2.06. The molecule has 1 aromatic heterocycles.